The average molecular weight is 334 g/mol. The maximum Gasteiger partial charge on any atom is 0.232 e. The average Bonchev–Trinajstić information content (AvgIpc) is 2.62. The van der Waals surface area contributed by atoms with Gasteiger partial charge in [-0.2, -0.15) is 0 Å². The van der Waals surface area contributed by atoms with Gasteiger partial charge in [0.25, 0.3) is 0 Å². The third kappa shape index (κ3) is 3.40. The molecular weight excluding hydrogens is 312 g/mol. The number of rotatable bonds is 3. The predicted octanol–water partition coefficient (Wildman–Crippen LogP) is 3.69. The van der Waals surface area contributed by atoms with E-state index in [0.717, 1.165) is 43.0 Å². The zero-order chi connectivity index (χ0) is 17.2. The van der Waals surface area contributed by atoms with Gasteiger partial charge in [0.15, 0.2) is 0 Å². The first-order valence-electron chi connectivity index (χ1n) is 8.76. The lowest BCUT2D eigenvalue weighted by Crippen LogP contribution is -2.38. The Bertz CT molecular complexity index is 888. The number of aromatic nitrogens is 3. The van der Waals surface area contributed by atoms with Crippen molar-refractivity contribution in [2.75, 3.05) is 18.0 Å². The van der Waals surface area contributed by atoms with Gasteiger partial charge in [0, 0.05) is 37.5 Å². The molecule has 1 aliphatic rings. The van der Waals surface area contributed by atoms with Crippen LogP contribution in [0.25, 0.3) is 10.9 Å². The summed E-state index contributed by atoms with van der Waals surface area (Å²) in [6, 6.07) is 10.5. The highest BCUT2D eigenvalue weighted by atomic mass is 16.5. The van der Waals surface area contributed by atoms with E-state index in [1.54, 1.807) is 12.4 Å². The van der Waals surface area contributed by atoms with Crippen molar-refractivity contribution >= 4 is 16.7 Å². The van der Waals surface area contributed by atoms with E-state index < -0.39 is 0 Å². The molecule has 1 aromatic carbocycles. The second kappa shape index (κ2) is 6.67. The highest BCUT2D eigenvalue weighted by molar-refractivity contribution is 5.83. The first-order valence-corrected chi connectivity index (χ1v) is 8.76. The molecule has 0 radical (unpaired) electrons. The molecule has 0 spiro atoms. The molecule has 25 heavy (non-hydrogen) atoms. The van der Waals surface area contributed by atoms with Crippen molar-refractivity contribution in [3.05, 3.63) is 54.0 Å². The van der Waals surface area contributed by atoms with E-state index >= 15 is 0 Å². The van der Waals surface area contributed by atoms with E-state index in [-0.39, 0.29) is 6.10 Å². The van der Waals surface area contributed by atoms with Crippen molar-refractivity contribution in [3.8, 4) is 5.88 Å². The third-order valence-electron chi connectivity index (χ3n) is 4.70. The van der Waals surface area contributed by atoms with Gasteiger partial charge in [-0.3, -0.25) is 4.98 Å². The molecule has 128 valence electrons. The van der Waals surface area contributed by atoms with Gasteiger partial charge < -0.3 is 9.64 Å². The summed E-state index contributed by atoms with van der Waals surface area (Å²) < 4.78 is 5.99. The van der Waals surface area contributed by atoms with Gasteiger partial charge in [-0.1, -0.05) is 18.2 Å². The van der Waals surface area contributed by atoms with Crippen molar-refractivity contribution in [2.24, 2.45) is 0 Å². The van der Waals surface area contributed by atoms with E-state index in [1.807, 2.05) is 13.0 Å². The summed E-state index contributed by atoms with van der Waals surface area (Å²) in [5.41, 5.74) is 3.21. The molecule has 2 aromatic heterocycles. The standard InChI is InChI=1S/C20H22N4O/c1-14-11-19(23-18-6-4-3-5-17(14)18)24-9-7-16(8-10-24)25-20-13-21-12-15(2)22-20/h3-6,11-13,16H,7-10H2,1-2H3. The van der Waals surface area contributed by atoms with Crippen LogP contribution in [0.2, 0.25) is 0 Å². The smallest absolute Gasteiger partial charge is 0.232 e. The van der Waals surface area contributed by atoms with Crippen LogP contribution in [-0.2, 0) is 0 Å². The maximum absolute atomic E-state index is 5.99. The van der Waals surface area contributed by atoms with Crippen LogP contribution in [0.1, 0.15) is 24.1 Å². The zero-order valence-corrected chi connectivity index (χ0v) is 14.6. The number of benzene rings is 1. The molecule has 1 fully saturated rings. The summed E-state index contributed by atoms with van der Waals surface area (Å²) in [7, 11) is 0. The number of nitrogens with zero attached hydrogens (tertiary/aromatic N) is 4. The van der Waals surface area contributed by atoms with Gasteiger partial charge in [0.2, 0.25) is 5.88 Å². The van der Waals surface area contributed by atoms with E-state index in [4.69, 9.17) is 9.72 Å². The Hall–Kier alpha value is -2.69. The van der Waals surface area contributed by atoms with Crippen LogP contribution >= 0.6 is 0 Å². The number of aryl methyl sites for hydroxylation is 2. The van der Waals surface area contributed by atoms with Gasteiger partial charge in [-0.15, -0.1) is 0 Å². The van der Waals surface area contributed by atoms with E-state index in [1.165, 1.54) is 10.9 Å². The van der Waals surface area contributed by atoms with Gasteiger partial charge in [0.05, 0.1) is 17.4 Å². The SMILES string of the molecule is Cc1cncc(OC2CCN(c3cc(C)c4ccccc4n3)CC2)n1. The molecular formula is C20H22N4O. The van der Waals surface area contributed by atoms with Crippen molar-refractivity contribution in [1.82, 2.24) is 15.0 Å². The number of pyridine rings is 1. The van der Waals surface area contributed by atoms with E-state index in [9.17, 15) is 0 Å². The lowest BCUT2D eigenvalue weighted by Gasteiger charge is -2.33. The quantitative estimate of drug-likeness (QED) is 0.731. The highest BCUT2D eigenvalue weighted by Crippen LogP contribution is 2.25. The van der Waals surface area contributed by atoms with Crippen LogP contribution in [0.5, 0.6) is 5.88 Å². The zero-order valence-electron chi connectivity index (χ0n) is 14.6. The summed E-state index contributed by atoms with van der Waals surface area (Å²) in [4.78, 5) is 15.7. The van der Waals surface area contributed by atoms with Gasteiger partial charge >= 0.3 is 0 Å². The van der Waals surface area contributed by atoms with E-state index in [2.05, 4.69) is 46.1 Å². The minimum absolute atomic E-state index is 0.189. The molecule has 0 atom stereocenters. The summed E-state index contributed by atoms with van der Waals surface area (Å²) in [5.74, 6) is 1.68. The molecule has 0 bridgehead atoms. The first-order chi connectivity index (χ1) is 12.2. The fourth-order valence-corrected chi connectivity index (χ4v) is 3.36. The van der Waals surface area contributed by atoms with Crippen LogP contribution in [0.15, 0.2) is 42.7 Å². The van der Waals surface area contributed by atoms with Crippen molar-refractivity contribution < 1.29 is 4.74 Å². The van der Waals surface area contributed by atoms with Crippen LogP contribution in [0, 0.1) is 13.8 Å². The Morgan fingerprint density at radius 2 is 1.84 bits per heavy atom. The van der Waals surface area contributed by atoms with Gasteiger partial charge in [0.1, 0.15) is 11.9 Å². The highest BCUT2D eigenvalue weighted by Gasteiger charge is 2.22. The first kappa shape index (κ1) is 15.8. The summed E-state index contributed by atoms with van der Waals surface area (Å²) in [6.45, 7) is 5.96. The molecule has 1 aliphatic heterocycles. The molecule has 5 nitrogen and oxygen atoms in total. The molecule has 3 aromatic rings. The fourth-order valence-electron chi connectivity index (χ4n) is 3.36. The fraction of sp³-hybridized carbons (Fsp3) is 0.350. The Morgan fingerprint density at radius 3 is 2.64 bits per heavy atom. The lowest BCUT2D eigenvalue weighted by molar-refractivity contribution is 0.163. The molecule has 4 rings (SSSR count). The Balaban J connectivity index is 1.45. The number of hydrogen-bond acceptors (Lipinski definition) is 5. The second-order valence-electron chi connectivity index (χ2n) is 6.62. The van der Waals surface area contributed by atoms with Crippen LogP contribution in [-0.4, -0.2) is 34.1 Å². The Kier molecular flexibility index (Phi) is 4.22. The molecule has 0 aliphatic carbocycles. The topological polar surface area (TPSA) is 51.1 Å². The molecule has 3 heterocycles. The summed E-state index contributed by atoms with van der Waals surface area (Å²) in [5, 5.41) is 1.22. The largest absolute Gasteiger partial charge is 0.473 e. The number of piperidine rings is 1. The van der Waals surface area contributed by atoms with Crippen molar-refractivity contribution in [2.45, 2.75) is 32.8 Å². The summed E-state index contributed by atoms with van der Waals surface area (Å²) >= 11 is 0. The van der Waals surface area contributed by atoms with Crippen LogP contribution in [0.4, 0.5) is 5.82 Å². The van der Waals surface area contributed by atoms with Crippen LogP contribution in [0.3, 0.4) is 0 Å². The van der Waals surface area contributed by atoms with Crippen molar-refractivity contribution in [1.29, 1.82) is 0 Å². The van der Waals surface area contributed by atoms with Crippen LogP contribution < -0.4 is 9.64 Å². The van der Waals surface area contributed by atoms with Gasteiger partial charge in [-0.05, 0) is 31.5 Å². The Morgan fingerprint density at radius 1 is 1.04 bits per heavy atom. The molecule has 0 saturated carbocycles. The minimum atomic E-state index is 0.189. The van der Waals surface area contributed by atoms with Gasteiger partial charge in [-0.25, -0.2) is 9.97 Å². The Labute approximate surface area is 147 Å². The number of fused-ring (bicyclic) bond motifs is 1. The monoisotopic (exact) mass is 334 g/mol. The van der Waals surface area contributed by atoms with Crippen molar-refractivity contribution in [3.63, 3.8) is 0 Å². The summed E-state index contributed by atoms with van der Waals surface area (Å²) in [6.07, 6.45) is 5.54. The molecule has 5 heteroatoms. The third-order valence-corrected chi connectivity index (χ3v) is 4.70. The maximum atomic E-state index is 5.99. The lowest BCUT2D eigenvalue weighted by atomic mass is 10.1. The molecule has 0 unspecified atom stereocenters. The number of hydrogen-bond donors (Lipinski definition) is 0. The predicted molar refractivity (Wildman–Crippen MR) is 99.1 cm³/mol. The normalized spacial score (nSPS) is 15.5. The second-order valence-corrected chi connectivity index (χ2v) is 6.62. The number of para-hydroxylation sites is 1. The number of anilines is 1. The number of ether oxygens (including phenoxy) is 1. The molecule has 0 amide bonds. The minimum Gasteiger partial charge on any atom is -0.473 e. The molecule has 1 saturated heterocycles. The molecule has 0 N–H and O–H groups in total. The van der Waals surface area contributed by atoms with E-state index in [0.29, 0.717) is 5.88 Å².